The molecule has 0 saturated carbocycles. The number of amides is 2. The van der Waals surface area contributed by atoms with Crippen LogP contribution in [0.15, 0.2) is 48.9 Å². The lowest BCUT2D eigenvalue weighted by molar-refractivity contribution is -0.122. The smallest absolute Gasteiger partial charge is 0.290 e. The Morgan fingerprint density at radius 3 is 2.75 bits per heavy atom. The third kappa shape index (κ3) is 3.95. The Morgan fingerprint density at radius 2 is 2.00 bits per heavy atom. The number of carbonyl (C=O) groups is 2. The Hall–Kier alpha value is -3.42. The van der Waals surface area contributed by atoms with Crippen LogP contribution in [-0.2, 0) is 31.0 Å². The van der Waals surface area contributed by atoms with Gasteiger partial charge in [-0.3, -0.25) is 14.3 Å². The van der Waals surface area contributed by atoms with Crippen molar-refractivity contribution in [2.75, 3.05) is 6.54 Å². The first kappa shape index (κ1) is 18.0. The second-order valence-electron chi connectivity index (χ2n) is 6.95. The van der Waals surface area contributed by atoms with Gasteiger partial charge in [0.2, 0.25) is 5.91 Å². The molecule has 28 heavy (non-hydrogen) atoms. The number of nitrogens with zero attached hydrogens (tertiary/aromatic N) is 5. The van der Waals surface area contributed by atoms with Crippen LogP contribution in [0.25, 0.3) is 0 Å². The Morgan fingerprint density at radius 1 is 1.18 bits per heavy atom. The Kier molecular flexibility index (Phi) is 4.92. The van der Waals surface area contributed by atoms with Crippen molar-refractivity contribution in [3.05, 3.63) is 71.6 Å². The first-order chi connectivity index (χ1) is 13.6. The summed E-state index contributed by atoms with van der Waals surface area (Å²) in [7, 11) is 0. The minimum atomic E-state index is -0.147. The largest absolute Gasteiger partial charge is 0.349 e. The van der Waals surface area contributed by atoms with E-state index in [1.807, 2.05) is 54.2 Å². The minimum absolute atomic E-state index is 0.0836. The molecule has 3 aromatic rings. The predicted octanol–water partition coefficient (Wildman–Crippen LogP) is 1.36. The molecule has 0 spiro atoms. The van der Waals surface area contributed by atoms with E-state index in [1.54, 1.807) is 15.8 Å². The third-order valence-electron chi connectivity index (χ3n) is 4.67. The van der Waals surface area contributed by atoms with E-state index >= 15 is 0 Å². The molecule has 144 valence electrons. The standard InChI is InChI=1S/C20H22N6O2/c1-15-9-22-26(11-15)14-18(27)21-10-17-13-24-7-8-25(20(28)19(24)23-17)12-16-5-3-2-4-6-16/h2-6,9,11,13H,7-8,10,12,14H2,1H3,(H,21,27). The van der Waals surface area contributed by atoms with Gasteiger partial charge in [0.1, 0.15) is 6.54 Å². The van der Waals surface area contributed by atoms with Gasteiger partial charge in [-0.2, -0.15) is 5.10 Å². The predicted molar refractivity (Wildman–Crippen MR) is 102 cm³/mol. The lowest BCUT2D eigenvalue weighted by Crippen LogP contribution is -2.39. The fraction of sp³-hybridized carbons (Fsp3) is 0.300. The van der Waals surface area contributed by atoms with Gasteiger partial charge < -0.3 is 14.8 Å². The number of hydrogen-bond donors (Lipinski definition) is 1. The zero-order chi connectivity index (χ0) is 19.5. The average Bonchev–Trinajstić information content (AvgIpc) is 3.29. The first-order valence-corrected chi connectivity index (χ1v) is 9.23. The van der Waals surface area contributed by atoms with Crippen LogP contribution in [0.5, 0.6) is 0 Å². The van der Waals surface area contributed by atoms with Crippen LogP contribution in [0.1, 0.15) is 27.4 Å². The highest BCUT2D eigenvalue weighted by Gasteiger charge is 2.26. The van der Waals surface area contributed by atoms with Gasteiger partial charge in [0.05, 0.1) is 18.4 Å². The van der Waals surface area contributed by atoms with E-state index in [4.69, 9.17) is 0 Å². The highest BCUT2D eigenvalue weighted by molar-refractivity contribution is 5.91. The Bertz CT molecular complexity index is 991. The van der Waals surface area contributed by atoms with Crippen LogP contribution in [-0.4, -0.2) is 42.6 Å². The van der Waals surface area contributed by atoms with Crippen molar-refractivity contribution in [1.29, 1.82) is 0 Å². The molecule has 1 N–H and O–H groups in total. The van der Waals surface area contributed by atoms with Crippen LogP contribution < -0.4 is 5.32 Å². The van der Waals surface area contributed by atoms with Crippen molar-refractivity contribution in [2.45, 2.75) is 33.1 Å². The van der Waals surface area contributed by atoms with Crippen LogP contribution in [0.2, 0.25) is 0 Å². The molecular formula is C20H22N6O2. The van der Waals surface area contributed by atoms with Gasteiger partial charge in [-0.15, -0.1) is 0 Å². The SMILES string of the molecule is Cc1cnn(CC(=O)NCc2cn3c(n2)C(=O)N(Cc2ccccc2)CC3)c1. The number of aryl methyl sites for hydroxylation is 1. The lowest BCUT2D eigenvalue weighted by atomic mass is 10.2. The lowest BCUT2D eigenvalue weighted by Gasteiger charge is -2.27. The highest BCUT2D eigenvalue weighted by Crippen LogP contribution is 2.16. The molecule has 0 fully saturated rings. The highest BCUT2D eigenvalue weighted by atomic mass is 16.2. The minimum Gasteiger partial charge on any atom is -0.349 e. The number of benzene rings is 1. The Balaban J connectivity index is 1.36. The van der Waals surface area contributed by atoms with Gasteiger partial charge in [-0.25, -0.2) is 4.98 Å². The number of hydrogen-bond acceptors (Lipinski definition) is 4. The average molecular weight is 378 g/mol. The fourth-order valence-corrected chi connectivity index (χ4v) is 3.27. The maximum atomic E-state index is 12.8. The topological polar surface area (TPSA) is 85.0 Å². The van der Waals surface area contributed by atoms with Crippen molar-refractivity contribution in [3.8, 4) is 0 Å². The van der Waals surface area contributed by atoms with Crippen molar-refractivity contribution in [1.82, 2.24) is 29.5 Å². The summed E-state index contributed by atoms with van der Waals surface area (Å²) in [6, 6.07) is 9.92. The van der Waals surface area contributed by atoms with E-state index in [9.17, 15) is 9.59 Å². The maximum Gasteiger partial charge on any atom is 0.290 e. The van der Waals surface area contributed by atoms with Crippen molar-refractivity contribution in [2.24, 2.45) is 0 Å². The molecule has 0 bridgehead atoms. The van der Waals surface area contributed by atoms with Crippen LogP contribution in [0, 0.1) is 6.92 Å². The number of fused-ring (bicyclic) bond motifs is 1. The summed E-state index contributed by atoms with van der Waals surface area (Å²) in [4.78, 5) is 31.1. The molecule has 0 unspecified atom stereocenters. The molecule has 8 heteroatoms. The molecule has 1 aliphatic heterocycles. The first-order valence-electron chi connectivity index (χ1n) is 9.23. The molecule has 2 aromatic heterocycles. The summed E-state index contributed by atoms with van der Waals surface area (Å²) in [5.74, 6) is 0.194. The molecule has 0 atom stereocenters. The number of rotatable bonds is 6. The summed E-state index contributed by atoms with van der Waals surface area (Å²) < 4.78 is 3.45. The van der Waals surface area contributed by atoms with Crippen molar-refractivity contribution in [3.63, 3.8) is 0 Å². The van der Waals surface area contributed by atoms with E-state index in [0.29, 0.717) is 31.2 Å². The second-order valence-corrected chi connectivity index (χ2v) is 6.95. The van der Waals surface area contributed by atoms with E-state index in [2.05, 4.69) is 15.4 Å². The number of imidazole rings is 1. The van der Waals surface area contributed by atoms with E-state index < -0.39 is 0 Å². The van der Waals surface area contributed by atoms with Gasteiger partial charge in [-0.1, -0.05) is 30.3 Å². The molecule has 0 saturated heterocycles. The summed E-state index contributed by atoms with van der Waals surface area (Å²) in [6.07, 6.45) is 5.36. The normalized spacial score (nSPS) is 13.5. The van der Waals surface area contributed by atoms with E-state index in [1.165, 1.54) is 0 Å². The maximum absolute atomic E-state index is 12.8. The summed E-state index contributed by atoms with van der Waals surface area (Å²) >= 11 is 0. The van der Waals surface area contributed by atoms with Crippen LogP contribution in [0.4, 0.5) is 0 Å². The molecule has 4 rings (SSSR count). The third-order valence-corrected chi connectivity index (χ3v) is 4.67. The van der Waals surface area contributed by atoms with Gasteiger partial charge in [-0.05, 0) is 18.1 Å². The van der Waals surface area contributed by atoms with Gasteiger partial charge in [0, 0.05) is 32.0 Å². The van der Waals surface area contributed by atoms with Gasteiger partial charge >= 0.3 is 0 Å². The molecule has 0 radical (unpaired) electrons. The molecule has 1 aliphatic rings. The number of carbonyl (C=O) groups excluding carboxylic acids is 2. The molecule has 8 nitrogen and oxygen atoms in total. The molecule has 2 amide bonds. The molecule has 3 heterocycles. The zero-order valence-electron chi connectivity index (χ0n) is 15.7. The molecule has 1 aromatic carbocycles. The molecular weight excluding hydrogens is 356 g/mol. The number of aromatic nitrogens is 4. The van der Waals surface area contributed by atoms with Gasteiger partial charge in [0.15, 0.2) is 5.82 Å². The fourth-order valence-electron chi connectivity index (χ4n) is 3.27. The summed E-state index contributed by atoms with van der Waals surface area (Å²) in [5, 5.41) is 6.93. The van der Waals surface area contributed by atoms with Crippen molar-refractivity contribution < 1.29 is 9.59 Å². The second kappa shape index (κ2) is 7.67. The van der Waals surface area contributed by atoms with E-state index in [-0.39, 0.29) is 24.9 Å². The molecule has 0 aliphatic carbocycles. The Labute approximate surface area is 162 Å². The monoisotopic (exact) mass is 378 g/mol. The number of nitrogens with one attached hydrogen (secondary N) is 1. The zero-order valence-corrected chi connectivity index (χ0v) is 15.7. The summed E-state index contributed by atoms with van der Waals surface area (Å²) in [5.41, 5.74) is 2.78. The van der Waals surface area contributed by atoms with Crippen LogP contribution >= 0.6 is 0 Å². The van der Waals surface area contributed by atoms with Gasteiger partial charge in [0.25, 0.3) is 5.91 Å². The summed E-state index contributed by atoms with van der Waals surface area (Å²) in [6.45, 7) is 4.27. The van der Waals surface area contributed by atoms with Crippen molar-refractivity contribution >= 4 is 11.8 Å². The van der Waals surface area contributed by atoms with Crippen LogP contribution in [0.3, 0.4) is 0 Å². The van der Waals surface area contributed by atoms with E-state index in [0.717, 1.165) is 11.1 Å². The quantitative estimate of drug-likeness (QED) is 0.702.